The van der Waals surface area contributed by atoms with Gasteiger partial charge >= 0.3 is 0 Å². The Kier molecular flexibility index (Phi) is 6.86. The molecule has 0 unspecified atom stereocenters. The number of fused-ring (bicyclic) bond motifs is 1. The summed E-state index contributed by atoms with van der Waals surface area (Å²) in [4.78, 5) is 20.0. The van der Waals surface area contributed by atoms with Crippen molar-refractivity contribution < 1.29 is 9.18 Å². The second-order valence-corrected chi connectivity index (χ2v) is 9.91. The molecular weight excluding hydrogens is 507 g/mol. The molecule has 0 atom stereocenters. The number of carbonyl (C=O) groups is 1. The number of amides is 1. The number of piperidine rings is 1. The van der Waals surface area contributed by atoms with E-state index in [1.807, 2.05) is 41.8 Å². The zero-order chi connectivity index (χ0) is 24.4. The van der Waals surface area contributed by atoms with Gasteiger partial charge in [-0.3, -0.25) is 9.20 Å². The van der Waals surface area contributed by atoms with Crippen LogP contribution in [0, 0.1) is 5.82 Å². The number of hydrogen-bond donors (Lipinski definition) is 1. The minimum Gasteiger partial charge on any atom is -0.371 e. The molecule has 0 aliphatic carbocycles. The fourth-order valence-electron chi connectivity index (χ4n) is 4.85. The third-order valence-corrected chi connectivity index (χ3v) is 7.26. The number of aryl methyl sites for hydroxylation is 1. The quantitative estimate of drug-likeness (QED) is 0.324. The number of imidazole rings is 1. The Morgan fingerprint density at radius 3 is 2.46 bits per heavy atom. The number of halogens is 2. The number of nitrogens with one attached hydrogen (secondary N) is 1. The summed E-state index contributed by atoms with van der Waals surface area (Å²) in [7, 11) is 0. The van der Waals surface area contributed by atoms with Gasteiger partial charge in [0.2, 0.25) is 0 Å². The number of rotatable bonds is 6. The zero-order valence-electron chi connectivity index (χ0n) is 19.7. The van der Waals surface area contributed by atoms with Gasteiger partial charge in [-0.25, -0.2) is 9.37 Å². The molecule has 1 amide bonds. The standard InChI is InChI=1S/C28H28BrFN4O/c1-2-25-27(34-18-22(29)7-12-26(34)32-25)28(35)31-17-19-3-10-24(11-4-19)33-15-13-21(14-16-33)20-5-8-23(30)9-6-20/h3-12,18,21H,2,13-17H2,1H3,(H,31,35). The van der Waals surface area contributed by atoms with E-state index in [1.54, 1.807) is 12.1 Å². The topological polar surface area (TPSA) is 49.6 Å². The molecule has 0 bridgehead atoms. The van der Waals surface area contributed by atoms with E-state index in [0.717, 1.165) is 47.3 Å². The van der Waals surface area contributed by atoms with Gasteiger partial charge in [-0.15, -0.1) is 0 Å². The molecule has 1 saturated heterocycles. The van der Waals surface area contributed by atoms with Crippen LogP contribution in [0.4, 0.5) is 10.1 Å². The maximum absolute atomic E-state index is 13.2. The number of aromatic nitrogens is 2. The van der Waals surface area contributed by atoms with Crippen LogP contribution in [0.3, 0.4) is 0 Å². The van der Waals surface area contributed by atoms with Crippen LogP contribution in [0.2, 0.25) is 0 Å². The maximum atomic E-state index is 13.2. The highest BCUT2D eigenvalue weighted by atomic mass is 79.9. The average molecular weight is 535 g/mol. The number of nitrogens with zero attached hydrogens (tertiary/aromatic N) is 3. The van der Waals surface area contributed by atoms with Crippen molar-refractivity contribution in [3.8, 4) is 0 Å². The van der Waals surface area contributed by atoms with Crippen molar-refractivity contribution in [1.82, 2.24) is 14.7 Å². The number of anilines is 1. The van der Waals surface area contributed by atoms with Crippen LogP contribution in [-0.4, -0.2) is 28.4 Å². The Bertz CT molecular complexity index is 1330. The second-order valence-electron chi connectivity index (χ2n) is 9.00. The predicted octanol–water partition coefficient (Wildman–Crippen LogP) is 6.11. The molecule has 0 radical (unpaired) electrons. The minimum absolute atomic E-state index is 0.126. The van der Waals surface area contributed by atoms with Crippen molar-refractivity contribution in [2.24, 2.45) is 0 Å². The largest absolute Gasteiger partial charge is 0.371 e. The lowest BCUT2D eigenvalue weighted by Gasteiger charge is -2.34. The second kappa shape index (κ2) is 10.2. The summed E-state index contributed by atoms with van der Waals surface area (Å²) >= 11 is 3.48. The highest BCUT2D eigenvalue weighted by Crippen LogP contribution is 2.30. The van der Waals surface area contributed by atoms with Crippen molar-refractivity contribution >= 4 is 33.2 Å². The molecule has 1 fully saturated rings. The first-order valence-electron chi connectivity index (χ1n) is 12.1. The highest BCUT2D eigenvalue weighted by Gasteiger charge is 2.21. The molecule has 1 N–H and O–H groups in total. The fraction of sp³-hybridized carbons (Fsp3) is 0.286. The molecule has 4 aromatic rings. The highest BCUT2D eigenvalue weighted by molar-refractivity contribution is 9.10. The molecule has 180 valence electrons. The number of pyridine rings is 1. The van der Waals surface area contributed by atoms with Gasteiger partial charge in [0.1, 0.15) is 17.2 Å². The lowest BCUT2D eigenvalue weighted by Crippen LogP contribution is -2.32. The van der Waals surface area contributed by atoms with Gasteiger partial charge in [-0.2, -0.15) is 0 Å². The van der Waals surface area contributed by atoms with E-state index >= 15 is 0 Å². The summed E-state index contributed by atoms with van der Waals surface area (Å²) in [5, 5.41) is 3.06. The minimum atomic E-state index is -0.181. The number of carbonyl (C=O) groups excluding carboxylic acids is 1. The third-order valence-electron chi connectivity index (χ3n) is 6.80. The normalized spacial score (nSPS) is 14.4. The summed E-state index contributed by atoms with van der Waals surface area (Å²) in [5.74, 6) is 0.175. The Labute approximate surface area is 213 Å². The Balaban J connectivity index is 1.20. The van der Waals surface area contributed by atoms with E-state index < -0.39 is 0 Å². The molecule has 3 heterocycles. The van der Waals surface area contributed by atoms with Gasteiger partial charge in [0.25, 0.3) is 5.91 Å². The van der Waals surface area contributed by atoms with E-state index in [2.05, 4.69) is 55.4 Å². The van der Waals surface area contributed by atoms with Crippen LogP contribution in [0.15, 0.2) is 71.3 Å². The van der Waals surface area contributed by atoms with Gasteiger partial charge in [-0.1, -0.05) is 31.2 Å². The molecule has 0 spiro atoms. The van der Waals surface area contributed by atoms with Crippen molar-refractivity contribution in [2.75, 3.05) is 18.0 Å². The molecule has 5 rings (SSSR count). The summed E-state index contributed by atoms with van der Waals surface area (Å²) in [6, 6.07) is 19.2. The average Bonchev–Trinajstić information content (AvgIpc) is 3.26. The molecule has 35 heavy (non-hydrogen) atoms. The van der Waals surface area contributed by atoms with Crippen LogP contribution < -0.4 is 10.2 Å². The molecule has 5 nitrogen and oxygen atoms in total. The van der Waals surface area contributed by atoms with Crippen LogP contribution in [0.25, 0.3) is 5.65 Å². The third kappa shape index (κ3) is 5.10. The van der Waals surface area contributed by atoms with Gasteiger partial charge in [-0.05, 0) is 88.6 Å². The summed E-state index contributed by atoms with van der Waals surface area (Å²) in [6.45, 7) is 4.41. The first-order valence-corrected chi connectivity index (χ1v) is 12.8. The van der Waals surface area contributed by atoms with Crippen LogP contribution in [0.5, 0.6) is 0 Å². The molecule has 2 aromatic heterocycles. The van der Waals surface area contributed by atoms with Gasteiger partial charge in [0.15, 0.2) is 0 Å². The Morgan fingerprint density at radius 1 is 1.06 bits per heavy atom. The number of benzene rings is 2. The molecule has 2 aromatic carbocycles. The summed E-state index contributed by atoms with van der Waals surface area (Å²) in [5.41, 5.74) is 5.61. The maximum Gasteiger partial charge on any atom is 0.270 e. The van der Waals surface area contributed by atoms with E-state index in [1.165, 1.54) is 11.3 Å². The van der Waals surface area contributed by atoms with Crippen molar-refractivity contribution in [1.29, 1.82) is 0 Å². The lowest BCUT2D eigenvalue weighted by molar-refractivity contribution is 0.0944. The smallest absolute Gasteiger partial charge is 0.270 e. The molecule has 7 heteroatoms. The van der Waals surface area contributed by atoms with Crippen LogP contribution in [0.1, 0.15) is 53.0 Å². The lowest BCUT2D eigenvalue weighted by atomic mass is 9.89. The zero-order valence-corrected chi connectivity index (χ0v) is 21.3. The Hall–Kier alpha value is -3.19. The molecular formula is C28H28BrFN4O. The van der Waals surface area contributed by atoms with Gasteiger partial charge in [0, 0.05) is 36.0 Å². The summed E-state index contributed by atoms with van der Waals surface area (Å²) in [6.07, 6.45) is 4.68. The van der Waals surface area contributed by atoms with Gasteiger partial charge < -0.3 is 10.2 Å². The van der Waals surface area contributed by atoms with E-state index in [4.69, 9.17) is 0 Å². The SMILES string of the molecule is CCc1nc2ccc(Br)cn2c1C(=O)NCc1ccc(N2CCC(c3ccc(F)cc3)CC2)cc1. The molecule has 1 aliphatic rings. The molecule has 1 aliphatic heterocycles. The van der Waals surface area contributed by atoms with Crippen LogP contribution in [-0.2, 0) is 13.0 Å². The van der Waals surface area contributed by atoms with E-state index in [9.17, 15) is 9.18 Å². The van der Waals surface area contributed by atoms with Crippen LogP contribution >= 0.6 is 15.9 Å². The Morgan fingerprint density at radius 2 is 1.77 bits per heavy atom. The first kappa shape index (κ1) is 23.5. The summed E-state index contributed by atoms with van der Waals surface area (Å²) < 4.78 is 16.0. The van der Waals surface area contributed by atoms with E-state index in [0.29, 0.717) is 24.6 Å². The van der Waals surface area contributed by atoms with Crippen molar-refractivity contribution in [2.45, 2.75) is 38.6 Å². The van der Waals surface area contributed by atoms with Gasteiger partial charge in [0.05, 0.1) is 5.69 Å². The molecule has 0 saturated carbocycles. The fourth-order valence-corrected chi connectivity index (χ4v) is 5.19. The van der Waals surface area contributed by atoms with E-state index in [-0.39, 0.29) is 11.7 Å². The van der Waals surface area contributed by atoms with Crippen molar-refractivity contribution in [3.63, 3.8) is 0 Å². The van der Waals surface area contributed by atoms with Crippen molar-refractivity contribution in [3.05, 3.63) is 99.7 Å². The first-order chi connectivity index (χ1) is 17.0. The predicted molar refractivity (Wildman–Crippen MR) is 140 cm³/mol. The monoisotopic (exact) mass is 534 g/mol. The number of hydrogen-bond acceptors (Lipinski definition) is 3.